The predicted octanol–water partition coefficient (Wildman–Crippen LogP) is 5.48. The molecular weight excluding hydrogens is 344 g/mol. The maximum absolute atomic E-state index is 5.91. The van der Waals surface area contributed by atoms with Crippen LogP contribution >= 0.6 is 35.2 Å². The lowest BCUT2D eigenvalue weighted by Gasteiger charge is -2.20. The Morgan fingerprint density at radius 1 is 0.957 bits per heavy atom. The number of benzene rings is 2. The summed E-state index contributed by atoms with van der Waals surface area (Å²) >= 11 is 13.1. The van der Waals surface area contributed by atoms with Gasteiger partial charge >= 0.3 is 0 Å². The van der Waals surface area contributed by atoms with Crippen LogP contribution < -0.4 is 10.6 Å². The van der Waals surface area contributed by atoms with E-state index in [-0.39, 0.29) is 6.04 Å². The zero-order chi connectivity index (χ0) is 16.1. The highest BCUT2D eigenvalue weighted by Gasteiger charge is 2.16. The number of nitrogens with one attached hydrogen (secondary N) is 2. The summed E-state index contributed by atoms with van der Waals surface area (Å²) in [6, 6.07) is 21.9. The van der Waals surface area contributed by atoms with Gasteiger partial charge in [0.25, 0.3) is 0 Å². The van der Waals surface area contributed by atoms with Crippen molar-refractivity contribution in [2.75, 3.05) is 5.32 Å². The normalized spacial score (nSPS) is 11.7. The lowest BCUT2D eigenvalue weighted by Crippen LogP contribution is -2.32. The number of thiocarbonyl (C=S) groups is 1. The van der Waals surface area contributed by atoms with Crippen LogP contribution in [0.3, 0.4) is 0 Å². The summed E-state index contributed by atoms with van der Waals surface area (Å²) in [5.41, 5.74) is 2.08. The van der Waals surface area contributed by atoms with Crippen molar-refractivity contribution in [1.82, 2.24) is 5.32 Å². The summed E-state index contributed by atoms with van der Waals surface area (Å²) in [5.74, 6) is 0. The first kappa shape index (κ1) is 16.0. The van der Waals surface area contributed by atoms with Crippen LogP contribution in [0.4, 0.5) is 5.69 Å². The van der Waals surface area contributed by atoms with Gasteiger partial charge < -0.3 is 10.6 Å². The fourth-order valence-corrected chi connectivity index (χ4v) is 3.42. The van der Waals surface area contributed by atoms with Gasteiger partial charge in [-0.05, 0) is 53.5 Å². The summed E-state index contributed by atoms with van der Waals surface area (Å²) in [5, 5.41) is 9.95. The Morgan fingerprint density at radius 3 is 2.35 bits per heavy atom. The Balaban J connectivity index is 1.76. The number of thiophene rings is 1. The van der Waals surface area contributed by atoms with Gasteiger partial charge in [0.05, 0.1) is 6.04 Å². The Hall–Kier alpha value is -1.88. The number of hydrogen-bond donors (Lipinski definition) is 2. The molecule has 1 atom stereocenters. The van der Waals surface area contributed by atoms with Crippen molar-refractivity contribution >= 4 is 46.0 Å². The van der Waals surface area contributed by atoms with E-state index in [0.29, 0.717) is 10.1 Å². The lowest BCUT2D eigenvalue weighted by molar-refractivity contribution is 0.784. The van der Waals surface area contributed by atoms with Crippen LogP contribution in [0.1, 0.15) is 16.5 Å². The zero-order valence-electron chi connectivity index (χ0n) is 12.2. The van der Waals surface area contributed by atoms with Crippen molar-refractivity contribution in [2.24, 2.45) is 0 Å². The summed E-state index contributed by atoms with van der Waals surface area (Å²) in [7, 11) is 0. The number of anilines is 1. The van der Waals surface area contributed by atoms with Crippen LogP contribution in [0.15, 0.2) is 72.1 Å². The standard InChI is InChI=1S/C18H15ClN2S2/c19-14-8-10-15(11-9-14)20-18(22)21-17(16-7-4-12-23-16)13-5-2-1-3-6-13/h1-12,17H,(H2,20,21,22)/t17-/m1/s1. The quantitative estimate of drug-likeness (QED) is 0.604. The molecule has 0 bridgehead atoms. The van der Waals surface area contributed by atoms with Crippen LogP contribution in [0.5, 0.6) is 0 Å². The zero-order valence-corrected chi connectivity index (χ0v) is 14.6. The lowest BCUT2D eigenvalue weighted by atomic mass is 10.1. The molecule has 2 nitrogen and oxygen atoms in total. The van der Waals surface area contributed by atoms with E-state index in [1.165, 1.54) is 10.4 Å². The predicted molar refractivity (Wildman–Crippen MR) is 103 cm³/mol. The van der Waals surface area contributed by atoms with Crippen molar-refractivity contribution < 1.29 is 0 Å². The van der Waals surface area contributed by atoms with E-state index in [1.807, 2.05) is 48.5 Å². The Labute approximate surface area is 150 Å². The highest BCUT2D eigenvalue weighted by atomic mass is 35.5. The Kier molecular flexibility index (Phi) is 5.28. The van der Waals surface area contributed by atoms with E-state index < -0.39 is 0 Å². The number of rotatable bonds is 4. The second-order valence-corrected chi connectivity index (χ2v) is 6.79. The summed E-state index contributed by atoms with van der Waals surface area (Å²) in [4.78, 5) is 1.22. The van der Waals surface area contributed by atoms with E-state index in [0.717, 1.165) is 5.69 Å². The van der Waals surface area contributed by atoms with Gasteiger partial charge in [-0.25, -0.2) is 0 Å². The first-order valence-electron chi connectivity index (χ1n) is 7.14. The summed E-state index contributed by atoms with van der Waals surface area (Å²) in [6.45, 7) is 0. The van der Waals surface area contributed by atoms with Gasteiger partial charge in [-0.2, -0.15) is 0 Å². The fourth-order valence-electron chi connectivity index (χ4n) is 2.25. The molecule has 0 aliphatic rings. The number of hydrogen-bond acceptors (Lipinski definition) is 2. The molecule has 0 unspecified atom stereocenters. The Bertz CT molecular complexity index is 755. The second kappa shape index (κ2) is 7.59. The van der Waals surface area contributed by atoms with E-state index in [9.17, 15) is 0 Å². The first-order chi connectivity index (χ1) is 11.2. The minimum Gasteiger partial charge on any atom is -0.351 e. The molecule has 5 heteroatoms. The third-order valence-corrected chi connectivity index (χ3v) is 4.75. The summed E-state index contributed by atoms with van der Waals surface area (Å²) in [6.07, 6.45) is 0. The first-order valence-corrected chi connectivity index (χ1v) is 8.80. The average Bonchev–Trinajstić information content (AvgIpc) is 3.10. The van der Waals surface area contributed by atoms with Gasteiger partial charge in [0, 0.05) is 15.6 Å². The van der Waals surface area contributed by atoms with Crippen LogP contribution in [-0.4, -0.2) is 5.11 Å². The largest absolute Gasteiger partial charge is 0.351 e. The van der Waals surface area contributed by atoms with Crippen molar-refractivity contribution in [3.8, 4) is 0 Å². The monoisotopic (exact) mass is 358 g/mol. The topological polar surface area (TPSA) is 24.1 Å². The molecule has 1 heterocycles. The fraction of sp³-hybridized carbons (Fsp3) is 0.0556. The molecule has 3 rings (SSSR count). The molecule has 0 aliphatic heterocycles. The minimum atomic E-state index is 0.0310. The van der Waals surface area contributed by atoms with E-state index >= 15 is 0 Å². The van der Waals surface area contributed by atoms with Crippen molar-refractivity contribution in [2.45, 2.75) is 6.04 Å². The third-order valence-electron chi connectivity index (χ3n) is 3.34. The van der Waals surface area contributed by atoms with E-state index in [1.54, 1.807) is 11.3 Å². The minimum absolute atomic E-state index is 0.0310. The highest BCUT2D eigenvalue weighted by Crippen LogP contribution is 2.26. The molecule has 0 saturated heterocycles. The van der Waals surface area contributed by atoms with Gasteiger partial charge in [-0.1, -0.05) is 48.0 Å². The molecule has 0 radical (unpaired) electrons. The third kappa shape index (κ3) is 4.32. The molecule has 116 valence electrons. The van der Waals surface area contributed by atoms with Crippen LogP contribution in [0.2, 0.25) is 5.02 Å². The van der Waals surface area contributed by atoms with Crippen LogP contribution in [0.25, 0.3) is 0 Å². The maximum Gasteiger partial charge on any atom is 0.171 e. The molecule has 0 spiro atoms. The average molecular weight is 359 g/mol. The molecule has 0 aliphatic carbocycles. The van der Waals surface area contributed by atoms with Crippen molar-refractivity contribution in [3.63, 3.8) is 0 Å². The van der Waals surface area contributed by atoms with Gasteiger partial charge in [0.1, 0.15) is 0 Å². The van der Waals surface area contributed by atoms with Crippen molar-refractivity contribution in [3.05, 3.63) is 87.6 Å². The van der Waals surface area contributed by atoms with E-state index in [2.05, 4.69) is 34.2 Å². The van der Waals surface area contributed by atoms with Gasteiger partial charge in [-0.3, -0.25) is 0 Å². The van der Waals surface area contributed by atoms with Crippen molar-refractivity contribution in [1.29, 1.82) is 0 Å². The highest BCUT2D eigenvalue weighted by molar-refractivity contribution is 7.80. The molecule has 1 aromatic heterocycles. The molecule has 0 fully saturated rings. The van der Waals surface area contributed by atoms with Crippen LogP contribution in [0, 0.1) is 0 Å². The molecule has 3 aromatic rings. The summed E-state index contributed by atoms with van der Waals surface area (Å²) < 4.78 is 0. The smallest absolute Gasteiger partial charge is 0.171 e. The van der Waals surface area contributed by atoms with Crippen LogP contribution in [-0.2, 0) is 0 Å². The maximum atomic E-state index is 5.91. The van der Waals surface area contributed by atoms with Gasteiger partial charge in [0.15, 0.2) is 5.11 Å². The molecular formula is C18H15ClN2S2. The van der Waals surface area contributed by atoms with E-state index in [4.69, 9.17) is 23.8 Å². The van der Waals surface area contributed by atoms with Gasteiger partial charge in [-0.15, -0.1) is 11.3 Å². The molecule has 0 amide bonds. The molecule has 2 aromatic carbocycles. The van der Waals surface area contributed by atoms with Gasteiger partial charge in [0.2, 0.25) is 0 Å². The molecule has 2 N–H and O–H groups in total. The molecule has 23 heavy (non-hydrogen) atoms. The second-order valence-electron chi connectivity index (χ2n) is 4.96. The SMILES string of the molecule is S=C(Nc1ccc(Cl)cc1)N[C@H](c1ccccc1)c1cccs1. The Morgan fingerprint density at radius 2 is 1.70 bits per heavy atom. The number of halogens is 1. The molecule has 0 saturated carbocycles.